The molecule has 5 rings (SSSR count). The number of methoxy groups -OCH3 is 1. The molecule has 0 saturated heterocycles. The van der Waals surface area contributed by atoms with Crippen molar-refractivity contribution in [3.63, 3.8) is 0 Å². The minimum Gasteiger partial charge on any atom is -0.495 e. The van der Waals surface area contributed by atoms with Crippen LogP contribution in [-0.2, 0) is 4.79 Å². The highest BCUT2D eigenvalue weighted by atomic mass is 19.1. The van der Waals surface area contributed by atoms with Crippen LogP contribution in [0.5, 0.6) is 17.2 Å². The van der Waals surface area contributed by atoms with Crippen molar-refractivity contribution in [1.29, 1.82) is 5.41 Å². The van der Waals surface area contributed by atoms with Gasteiger partial charge < -0.3 is 25.1 Å². The Morgan fingerprint density at radius 1 is 1.04 bits per heavy atom. The fraction of sp³-hybridized carbons (Fsp3) is 0.265. The number of anilines is 2. The number of hydrogen-bond acceptors (Lipinski definition) is 7. The average Bonchev–Trinajstić information content (AvgIpc) is 3.84. The molecule has 4 aromatic rings. The van der Waals surface area contributed by atoms with Crippen molar-refractivity contribution >= 4 is 23.1 Å². The Kier molecular flexibility index (Phi) is 9.19. The van der Waals surface area contributed by atoms with Gasteiger partial charge in [0.25, 0.3) is 5.91 Å². The highest BCUT2D eigenvalue weighted by Gasteiger charge is 2.26. The number of halogens is 1. The summed E-state index contributed by atoms with van der Waals surface area (Å²) in [7, 11) is 6.91. The molecule has 1 aliphatic carbocycles. The zero-order valence-electron chi connectivity index (χ0n) is 26.0. The molecule has 1 amide bonds. The first kappa shape index (κ1) is 31.3. The Bertz CT molecular complexity index is 1810. The number of nitrogens with zero attached hydrogens (tertiary/aromatic N) is 4. The van der Waals surface area contributed by atoms with Gasteiger partial charge in [0.1, 0.15) is 34.6 Å². The fourth-order valence-electron chi connectivity index (χ4n) is 5.18. The molecule has 0 unspecified atom stereocenters. The van der Waals surface area contributed by atoms with Crippen molar-refractivity contribution in [2.75, 3.05) is 45.0 Å². The van der Waals surface area contributed by atoms with Crippen LogP contribution in [0.4, 0.5) is 15.9 Å². The third kappa shape index (κ3) is 6.68. The largest absolute Gasteiger partial charge is 0.495 e. The first-order valence-electron chi connectivity index (χ1n) is 14.6. The first-order valence-corrected chi connectivity index (χ1v) is 14.6. The maximum atomic E-state index is 14.1. The molecule has 1 saturated carbocycles. The molecule has 1 fully saturated rings. The molecule has 45 heavy (non-hydrogen) atoms. The normalized spacial score (nSPS) is 12.9. The average molecular weight is 613 g/mol. The van der Waals surface area contributed by atoms with Gasteiger partial charge in [-0.05, 0) is 81.4 Å². The Morgan fingerprint density at radius 3 is 2.38 bits per heavy atom. The quantitative estimate of drug-likeness (QED) is 0.159. The molecule has 3 aromatic carbocycles. The first-order chi connectivity index (χ1) is 21.6. The third-order valence-corrected chi connectivity index (χ3v) is 7.71. The number of hydrogen-bond donors (Lipinski definition) is 2. The summed E-state index contributed by atoms with van der Waals surface area (Å²) in [5.41, 5.74) is 1.57. The minimum absolute atomic E-state index is 0.164. The second-order valence-corrected chi connectivity index (χ2v) is 10.9. The van der Waals surface area contributed by atoms with Gasteiger partial charge >= 0.3 is 5.69 Å². The summed E-state index contributed by atoms with van der Waals surface area (Å²) in [4.78, 5) is 30.9. The van der Waals surface area contributed by atoms with Crippen molar-refractivity contribution in [1.82, 2.24) is 14.0 Å². The Hall–Kier alpha value is -5.16. The smallest absolute Gasteiger partial charge is 0.339 e. The van der Waals surface area contributed by atoms with E-state index in [1.165, 1.54) is 46.1 Å². The maximum absolute atomic E-state index is 14.1. The van der Waals surface area contributed by atoms with E-state index in [0.717, 1.165) is 0 Å². The summed E-state index contributed by atoms with van der Waals surface area (Å²) in [6.45, 7) is 2.29. The Labute approximate surface area is 261 Å². The van der Waals surface area contributed by atoms with Crippen molar-refractivity contribution < 1.29 is 18.7 Å². The molecule has 11 heteroatoms. The summed E-state index contributed by atoms with van der Waals surface area (Å²) >= 11 is 0. The van der Waals surface area contributed by atoms with Crippen LogP contribution in [0.15, 0.2) is 83.7 Å². The number of ether oxygens (including phenoxy) is 2. The number of amides is 1. The molecule has 0 atom stereocenters. The molecule has 0 spiro atoms. The minimum atomic E-state index is -0.423. The van der Waals surface area contributed by atoms with Crippen LogP contribution in [-0.4, -0.2) is 66.5 Å². The number of aromatic nitrogens is 2. The van der Waals surface area contributed by atoms with Crippen molar-refractivity contribution in [2.24, 2.45) is 0 Å². The van der Waals surface area contributed by atoms with E-state index in [1.54, 1.807) is 81.7 Å². The van der Waals surface area contributed by atoms with Crippen LogP contribution in [0.3, 0.4) is 0 Å². The van der Waals surface area contributed by atoms with Crippen LogP contribution in [0.1, 0.15) is 25.5 Å². The van der Waals surface area contributed by atoms with Gasteiger partial charge in [0, 0.05) is 38.8 Å². The van der Waals surface area contributed by atoms with Crippen LogP contribution >= 0.6 is 0 Å². The van der Waals surface area contributed by atoms with E-state index in [0.29, 0.717) is 58.4 Å². The van der Waals surface area contributed by atoms with Gasteiger partial charge in [0.15, 0.2) is 0 Å². The molecular weight excluding hydrogens is 575 g/mol. The van der Waals surface area contributed by atoms with Gasteiger partial charge in [0.2, 0.25) is 0 Å². The van der Waals surface area contributed by atoms with E-state index in [2.05, 4.69) is 10.2 Å². The number of benzene rings is 3. The van der Waals surface area contributed by atoms with Gasteiger partial charge in [0.05, 0.1) is 29.9 Å². The second-order valence-electron chi connectivity index (χ2n) is 10.9. The SMILES string of the molecule is CNc1c(C(C)=N)n(-c2ccc(Oc3cccc(F)c3)cc2)c(=O)n1-c1ccc(OC)c(N(C)C(=O)/C=C/CN(C)C2CC2)c1. The summed E-state index contributed by atoms with van der Waals surface area (Å²) in [5.74, 6) is 1.03. The summed E-state index contributed by atoms with van der Waals surface area (Å²) in [6, 6.07) is 18.3. The fourth-order valence-corrected chi connectivity index (χ4v) is 5.18. The van der Waals surface area contributed by atoms with Gasteiger partial charge in [-0.2, -0.15) is 0 Å². The van der Waals surface area contributed by atoms with Gasteiger partial charge in [-0.1, -0.05) is 12.1 Å². The summed E-state index contributed by atoms with van der Waals surface area (Å²) < 4.78 is 27.9. The standard InChI is InChI=1S/C34H37FN6O4/c1-22(36)32-33(37-2)41(34(43)40(32)25-13-16-27(17-14-25)45-28-9-6-8-23(35)20-28)26-15-18-30(44-5)29(21-26)39(4)31(42)10-7-19-38(3)24-11-12-24/h6-10,13-18,20-21,24,36-37H,11-12,19H2,1-5H3/b10-7+,36-22?. The molecule has 10 nitrogen and oxygen atoms in total. The van der Waals surface area contributed by atoms with E-state index < -0.39 is 11.5 Å². The van der Waals surface area contributed by atoms with Crippen LogP contribution in [0, 0.1) is 11.2 Å². The van der Waals surface area contributed by atoms with Crippen LogP contribution < -0.4 is 25.4 Å². The number of carbonyl (C=O) groups is 1. The van der Waals surface area contributed by atoms with Crippen molar-refractivity contribution in [3.8, 4) is 28.6 Å². The lowest BCUT2D eigenvalue weighted by molar-refractivity contribution is -0.113. The topological polar surface area (TPSA) is 105 Å². The van der Waals surface area contributed by atoms with Gasteiger partial charge in [-0.25, -0.2) is 13.8 Å². The molecule has 0 radical (unpaired) electrons. The van der Waals surface area contributed by atoms with Gasteiger partial charge in [-0.3, -0.25) is 14.3 Å². The third-order valence-electron chi connectivity index (χ3n) is 7.71. The van der Waals surface area contributed by atoms with E-state index in [4.69, 9.17) is 14.9 Å². The Balaban J connectivity index is 1.51. The molecule has 1 heterocycles. The molecule has 1 aromatic heterocycles. The van der Waals surface area contributed by atoms with Crippen LogP contribution in [0.2, 0.25) is 0 Å². The van der Waals surface area contributed by atoms with E-state index in [9.17, 15) is 14.0 Å². The zero-order valence-corrected chi connectivity index (χ0v) is 26.0. The lowest BCUT2D eigenvalue weighted by Gasteiger charge is -2.20. The van der Waals surface area contributed by atoms with Crippen molar-refractivity contribution in [2.45, 2.75) is 25.8 Å². The molecule has 1 aliphatic rings. The zero-order chi connectivity index (χ0) is 32.2. The lowest BCUT2D eigenvalue weighted by Crippen LogP contribution is -2.27. The van der Waals surface area contributed by atoms with E-state index in [1.807, 2.05) is 13.1 Å². The highest BCUT2D eigenvalue weighted by Crippen LogP contribution is 2.33. The second kappa shape index (κ2) is 13.2. The Morgan fingerprint density at radius 2 is 1.76 bits per heavy atom. The number of imidazole rings is 1. The van der Waals surface area contributed by atoms with E-state index in [-0.39, 0.29) is 11.6 Å². The number of carbonyl (C=O) groups excluding carboxylic acids is 1. The highest BCUT2D eigenvalue weighted by molar-refractivity contribution is 6.02. The molecular formula is C34H37FN6O4. The molecule has 0 bridgehead atoms. The number of rotatable bonds is 12. The van der Waals surface area contributed by atoms with Crippen molar-refractivity contribution in [3.05, 3.63) is 101 Å². The number of nitrogens with one attached hydrogen (secondary N) is 2. The predicted octanol–water partition coefficient (Wildman–Crippen LogP) is 5.61. The predicted molar refractivity (Wildman–Crippen MR) is 175 cm³/mol. The lowest BCUT2D eigenvalue weighted by atomic mass is 10.2. The monoisotopic (exact) mass is 612 g/mol. The van der Waals surface area contributed by atoms with E-state index >= 15 is 0 Å². The summed E-state index contributed by atoms with van der Waals surface area (Å²) in [5, 5.41) is 11.6. The number of likely N-dealkylation sites (N-methyl/N-ethyl adjacent to an activating group) is 2. The molecule has 2 N–H and O–H groups in total. The van der Waals surface area contributed by atoms with Crippen LogP contribution in [0.25, 0.3) is 11.4 Å². The summed E-state index contributed by atoms with van der Waals surface area (Å²) in [6.07, 6.45) is 5.77. The van der Waals surface area contributed by atoms with Gasteiger partial charge in [-0.15, -0.1) is 0 Å². The maximum Gasteiger partial charge on any atom is 0.339 e. The molecule has 234 valence electrons. The molecule has 0 aliphatic heterocycles.